The van der Waals surface area contributed by atoms with Gasteiger partial charge >= 0.3 is 0 Å². The highest BCUT2D eigenvalue weighted by molar-refractivity contribution is 5.83. The van der Waals surface area contributed by atoms with E-state index in [0.717, 1.165) is 12.1 Å². The number of aromatic nitrogens is 2. The fraction of sp³-hybridized carbons (Fsp3) is 0.556. The maximum Gasteiger partial charge on any atom is 0.149 e. The van der Waals surface area contributed by atoms with Crippen LogP contribution in [-0.2, 0) is 11.2 Å². The number of aryl methyl sites for hydroxylation is 1. The van der Waals surface area contributed by atoms with Gasteiger partial charge in [-0.25, -0.2) is 0 Å². The predicted molar refractivity (Wildman–Crippen MR) is 50.4 cm³/mol. The predicted octanol–water partition coefficient (Wildman–Crippen LogP) is 0.519. The van der Waals surface area contributed by atoms with E-state index in [2.05, 4.69) is 15.5 Å². The summed E-state index contributed by atoms with van der Waals surface area (Å²) in [4.78, 5) is 11.4. The summed E-state index contributed by atoms with van der Waals surface area (Å²) in [5.74, 6) is 0.233. The van der Waals surface area contributed by atoms with Gasteiger partial charge in [0.25, 0.3) is 0 Å². The monoisotopic (exact) mass is 181 g/mol. The standard InChI is InChI=1S/C9H15N3O/c1-7(10-2)9(13)4-3-8-5-6-11-12-8/h5-7,10H,3-4H2,1-2H3,(H,11,12). The van der Waals surface area contributed by atoms with Crippen LogP contribution in [0, 0.1) is 0 Å². The Kier molecular flexibility index (Phi) is 3.64. The zero-order chi connectivity index (χ0) is 9.68. The van der Waals surface area contributed by atoms with Crippen LogP contribution in [0.3, 0.4) is 0 Å². The molecule has 1 unspecified atom stereocenters. The Morgan fingerprint density at radius 3 is 3.08 bits per heavy atom. The minimum absolute atomic E-state index is 0.0529. The van der Waals surface area contributed by atoms with E-state index < -0.39 is 0 Å². The molecule has 0 amide bonds. The molecule has 0 spiro atoms. The van der Waals surface area contributed by atoms with Gasteiger partial charge in [-0.2, -0.15) is 5.10 Å². The molecule has 0 bridgehead atoms. The quantitative estimate of drug-likeness (QED) is 0.696. The summed E-state index contributed by atoms with van der Waals surface area (Å²) in [5, 5.41) is 9.56. The molecule has 1 aromatic rings. The van der Waals surface area contributed by atoms with E-state index in [9.17, 15) is 4.79 Å². The number of ketones is 1. The molecule has 72 valence electrons. The Hall–Kier alpha value is -1.16. The summed E-state index contributed by atoms with van der Waals surface area (Å²) in [6.07, 6.45) is 3.00. The van der Waals surface area contributed by atoms with Crippen molar-refractivity contribution in [2.75, 3.05) is 7.05 Å². The molecule has 0 radical (unpaired) electrons. The Balaban J connectivity index is 2.31. The molecule has 0 aromatic carbocycles. The second-order valence-electron chi connectivity index (χ2n) is 3.06. The van der Waals surface area contributed by atoms with E-state index in [1.54, 1.807) is 13.2 Å². The van der Waals surface area contributed by atoms with Gasteiger partial charge in [-0.15, -0.1) is 0 Å². The van der Waals surface area contributed by atoms with Crippen molar-refractivity contribution in [1.29, 1.82) is 0 Å². The van der Waals surface area contributed by atoms with Gasteiger partial charge in [0.15, 0.2) is 0 Å². The lowest BCUT2D eigenvalue weighted by Gasteiger charge is -2.07. The average molecular weight is 181 g/mol. The zero-order valence-corrected chi connectivity index (χ0v) is 8.00. The highest BCUT2D eigenvalue weighted by Gasteiger charge is 2.09. The maximum absolute atomic E-state index is 11.4. The van der Waals surface area contributed by atoms with Crippen molar-refractivity contribution in [2.45, 2.75) is 25.8 Å². The minimum atomic E-state index is -0.0529. The Morgan fingerprint density at radius 2 is 2.54 bits per heavy atom. The number of Topliss-reactive ketones (excluding diaryl/α,β-unsaturated/α-hetero) is 1. The molecule has 0 fully saturated rings. The van der Waals surface area contributed by atoms with Gasteiger partial charge in [0.1, 0.15) is 5.78 Å². The third-order valence-corrected chi connectivity index (χ3v) is 2.12. The van der Waals surface area contributed by atoms with Crippen LogP contribution in [0.2, 0.25) is 0 Å². The number of nitrogens with zero attached hydrogens (tertiary/aromatic N) is 1. The van der Waals surface area contributed by atoms with Crippen molar-refractivity contribution in [3.8, 4) is 0 Å². The summed E-state index contributed by atoms with van der Waals surface area (Å²) in [6, 6.07) is 1.83. The van der Waals surface area contributed by atoms with Gasteiger partial charge in [0, 0.05) is 18.3 Å². The number of aromatic amines is 1. The molecule has 0 aliphatic rings. The first kappa shape index (κ1) is 9.92. The van der Waals surface area contributed by atoms with Crippen LogP contribution in [0.5, 0.6) is 0 Å². The molecule has 0 aliphatic heterocycles. The van der Waals surface area contributed by atoms with Crippen LogP contribution in [0.25, 0.3) is 0 Å². The molecule has 1 aromatic heterocycles. The zero-order valence-electron chi connectivity index (χ0n) is 8.00. The van der Waals surface area contributed by atoms with Crippen molar-refractivity contribution in [2.24, 2.45) is 0 Å². The summed E-state index contributed by atoms with van der Waals surface area (Å²) >= 11 is 0. The van der Waals surface area contributed by atoms with Gasteiger partial charge < -0.3 is 5.32 Å². The molecular formula is C9H15N3O. The van der Waals surface area contributed by atoms with Crippen molar-refractivity contribution in [3.05, 3.63) is 18.0 Å². The number of carbonyl (C=O) groups excluding carboxylic acids is 1. The summed E-state index contributed by atoms with van der Waals surface area (Å²) in [5.41, 5.74) is 1.01. The van der Waals surface area contributed by atoms with Crippen molar-refractivity contribution < 1.29 is 4.79 Å². The Morgan fingerprint density at radius 1 is 1.77 bits per heavy atom. The second-order valence-corrected chi connectivity index (χ2v) is 3.06. The van der Waals surface area contributed by atoms with Gasteiger partial charge in [-0.3, -0.25) is 9.89 Å². The number of H-pyrrole nitrogens is 1. The summed E-state index contributed by atoms with van der Waals surface area (Å²) < 4.78 is 0. The van der Waals surface area contributed by atoms with E-state index in [4.69, 9.17) is 0 Å². The smallest absolute Gasteiger partial charge is 0.149 e. The largest absolute Gasteiger partial charge is 0.311 e. The molecule has 0 saturated carbocycles. The van der Waals surface area contributed by atoms with Crippen LogP contribution >= 0.6 is 0 Å². The highest BCUT2D eigenvalue weighted by Crippen LogP contribution is 1.99. The topological polar surface area (TPSA) is 57.8 Å². The molecule has 4 nitrogen and oxygen atoms in total. The van der Waals surface area contributed by atoms with E-state index in [0.29, 0.717) is 6.42 Å². The number of carbonyl (C=O) groups is 1. The van der Waals surface area contributed by atoms with Crippen molar-refractivity contribution >= 4 is 5.78 Å². The van der Waals surface area contributed by atoms with E-state index in [-0.39, 0.29) is 11.8 Å². The van der Waals surface area contributed by atoms with E-state index in [1.807, 2.05) is 13.0 Å². The van der Waals surface area contributed by atoms with E-state index in [1.165, 1.54) is 0 Å². The average Bonchev–Trinajstić information content (AvgIpc) is 2.65. The molecule has 1 heterocycles. The SMILES string of the molecule is CNC(C)C(=O)CCc1ccn[nH]1. The third-order valence-electron chi connectivity index (χ3n) is 2.12. The van der Waals surface area contributed by atoms with Crippen LogP contribution in [0.15, 0.2) is 12.3 Å². The lowest BCUT2D eigenvalue weighted by Crippen LogP contribution is -2.30. The van der Waals surface area contributed by atoms with Crippen LogP contribution in [0.1, 0.15) is 19.0 Å². The molecule has 0 aliphatic carbocycles. The second kappa shape index (κ2) is 4.77. The van der Waals surface area contributed by atoms with Gasteiger partial charge in [0.05, 0.1) is 6.04 Å². The van der Waals surface area contributed by atoms with Gasteiger partial charge in [-0.05, 0) is 26.5 Å². The Bertz CT molecular complexity index is 256. The maximum atomic E-state index is 11.4. The fourth-order valence-electron chi connectivity index (χ4n) is 1.06. The molecule has 13 heavy (non-hydrogen) atoms. The number of likely N-dealkylation sites (N-methyl/N-ethyl adjacent to an activating group) is 1. The molecule has 0 saturated heterocycles. The third kappa shape index (κ3) is 2.99. The molecule has 2 N–H and O–H groups in total. The first-order valence-corrected chi connectivity index (χ1v) is 4.42. The lowest BCUT2D eigenvalue weighted by atomic mass is 10.1. The Labute approximate surface area is 77.7 Å². The number of hydrogen-bond acceptors (Lipinski definition) is 3. The number of nitrogens with one attached hydrogen (secondary N) is 2. The van der Waals surface area contributed by atoms with Crippen molar-refractivity contribution in [1.82, 2.24) is 15.5 Å². The highest BCUT2D eigenvalue weighted by atomic mass is 16.1. The molecule has 4 heteroatoms. The van der Waals surface area contributed by atoms with Crippen LogP contribution in [0.4, 0.5) is 0 Å². The first-order valence-electron chi connectivity index (χ1n) is 4.42. The van der Waals surface area contributed by atoms with E-state index >= 15 is 0 Å². The van der Waals surface area contributed by atoms with Gasteiger partial charge in [0.2, 0.25) is 0 Å². The fourth-order valence-corrected chi connectivity index (χ4v) is 1.06. The molecular weight excluding hydrogens is 166 g/mol. The number of hydrogen-bond donors (Lipinski definition) is 2. The van der Waals surface area contributed by atoms with Crippen molar-refractivity contribution in [3.63, 3.8) is 0 Å². The van der Waals surface area contributed by atoms with Crippen LogP contribution in [-0.4, -0.2) is 29.1 Å². The lowest BCUT2D eigenvalue weighted by molar-refractivity contribution is -0.120. The minimum Gasteiger partial charge on any atom is -0.311 e. The molecule has 1 atom stereocenters. The first-order chi connectivity index (χ1) is 6.24. The summed E-state index contributed by atoms with van der Waals surface area (Å²) in [6.45, 7) is 1.87. The summed E-state index contributed by atoms with van der Waals surface area (Å²) in [7, 11) is 1.79. The van der Waals surface area contributed by atoms with Crippen LogP contribution < -0.4 is 5.32 Å². The van der Waals surface area contributed by atoms with Gasteiger partial charge in [-0.1, -0.05) is 0 Å². The normalized spacial score (nSPS) is 12.8. The number of rotatable bonds is 5. The molecule has 1 rings (SSSR count).